The van der Waals surface area contributed by atoms with E-state index in [9.17, 15) is 9.18 Å². The minimum atomic E-state index is -0.329. The van der Waals surface area contributed by atoms with Crippen LogP contribution in [0, 0.1) is 5.82 Å². The summed E-state index contributed by atoms with van der Waals surface area (Å²) in [7, 11) is 0. The molecule has 0 fully saturated rings. The summed E-state index contributed by atoms with van der Waals surface area (Å²) in [5.41, 5.74) is 1.57. The number of nitrogens with one attached hydrogen (secondary N) is 1. The van der Waals surface area contributed by atoms with E-state index in [4.69, 9.17) is 11.6 Å². The largest absolute Gasteiger partial charge is 0.330 e. The second kappa shape index (κ2) is 7.38. The van der Waals surface area contributed by atoms with E-state index >= 15 is 0 Å². The Morgan fingerprint density at radius 2 is 1.77 bits per heavy atom. The summed E-state index contributed by atoms with van der Waals surface area (Å²) in [5.74, 6) is -0.463. The van der Waals surface area contributed by atoms with E-state index in [2.05, 4.69) is 5.32 Å². The average molecular weight is 322 g/mol. The smallest absolute Gasteiger partial charge is 0.282 e. The minimum Gasteiger partial charge on any atom is -0.330 e. The number of anilines is 1. The lowest BCUT2D eigenvalue weighted by Crippen LogP contribution is -2.91. The lowest BCUT2D eigenvalue weighted by molar-refractivity contribution is -0.709. The van der Waals surface area contributed by atoms with E-state index in [1.165, 1.54) is 24.3 Å². The lowest BCUT2D eigenvalue weighted by Gasteiger charge is -2.17. The summed E-state index contributed by atoms with van der Waals surface area (Å²) in [4.78, 5) is 12.2. The van der Waals surface area contributed by atoms with Gasteiger partial charge in [-0.25, -0.2) is 4.39 Å². The number of carbonyl (C=O) groups excluding carboxylic acids is 1. The lowest BCUT2D eigenvalue weighted by atomic mass is 10.1. The summed E-state index contributed by atoms with van der Waals surface area (Å²) >= 11 is 6.17. The van der Waals surface area contributed by atoms with Crippen molar-refractivity contribution >= 4 is 23.2 Å². The molecule has 0 aromatic heterocycles. The number of amides is 1. The van der Waals surface area contributed by atoms with Crippen molar-refractivity contribution in [2.75, 3.05) is 5.32 Å². The van der Waals surface area contributed by atoms with Crippen LogP contribution < -0.4 is 10.6 Å². The van der Waals surface area contributed by atoms with Crippen LogP contribution in [0.15, 0.2) is 48.5 Å². The molecule has 0 saturated carbocycles. The maximum atomic E-state index is 12.8. The van der Waals surface area contributed by atoms with Gasteiger partial charge in [0, 0.05) is 16.3 Å². The molecule has 0 heterocycles. The highest BCUT2D eigenvalue weighted by atomic mass is 35.5. The molecule has 0 radical (unpaired) electrons. The molecular formula is C17H19ClFN2O+. The van der Waals surface area contributed by atoms with Crippen LogP contribution in [0.1, 0.15) is 25.5 Å². The van der Waals surface area contributed by atoms with Gasteiger partial charge in [0.1, 0.15) is 11.9 Å². The van der Waals surface area contributed by atoms with Crippen molar-refractivity contribution in [2.24, 2.45) is 0 Å². The fourth-order valence-corrected chi connectivity index (χ4v) is 2.57. The zero-order chi connectivity index (χ0) is 16.1. The van der Waals surface area contributed by atoms with Gasteiger partial charge in [-0.05, 0) is 44.2 Å². The maximum absolute atomic E-state index is 12.8. The molecule has 0 aliphatic heterocycles. The SMILES string of the molecule is C[C@H]([NH2+][C@H](C)C(=O)Nc1ccc(F)cc1)c1ccccc1Cl. The first-order valence-electron chi connectivity index (χ1n) is 7.13. The van der Waals surface area contributed by atoms with Crippen molar-refractivity contribution in [3.05, 3.63) is 64.9 Å². The van der Waals surface area contributed by atoms with Crippen LogP contribution >= 0.6 is 11.6 Å². The van der Waals surface area contributed by atoms with Crippen molar-refractivity contribution in [3.63, 3.8) is 0 Å². The number of nitrogens with two attached hydrogens (primary N) is 1. The summed E-state index contributed by atoms with van der Waals surface area (Å²) in [6.45, 7) is 3.83. The Kier molecular flexibility index (Phi) is 5.52. The summed E-state index contributed by atoms with van der Waals surface area (Å²) in [5, 5.41) is 5.41. The summed E-state index contributed by atoms with van der Waals surface area (Å²) in [6, 6.07) is 13.1. The normalized spacial score (nSPS) is 13.5. The highest BCUT2D eigenvalue weighted by Gasteiger charge is 2.21. The molecule has 0 aliphatic rings. The Balaban J connectivity index is 1.96. The second-order valence-corrected chi connectivity index (χ2v) is 5.69. The molecule has 0 aliphatic carbocycles. The molecule has 0 saturated heterocycles. The van der Waals surface area contributed by atoms with Crippen LogP contribution in [0.2, 0.25) is 5.02 Å². The Morgan fingerprint density at radius 1 is 1.14 bits per heavy atom. The van der Waals surface area contributed by atoms with Gasteiger partial charge in [0.2, 0.25) is 0 Å². The number of benzene rings is 2. The number of carbonyl (C=O) groups is 1. The van der Waals surface area contributed by atoms with Crippen molar-refractivity contribution in [1.29, 1.82) is 0 Å². The molecule has 2 atom stereocenters. The van der Waals surface area contributed by atoms with Crippen LogP contribution in [0.5, 0.6) is 0 Å². The molecule has 2 rings (SSSR count). The third-order valence-corrected chi connectivity index (χ3v) is 3.84. The number of rotatable bonds is 5. The van der Waals surface area contributed by atoms with Crippen molar-refractivity contribution in [2.45, 2.75) is 25.9 Å². The molecule has 0 spiro atoms. The Hall–Kier alpha value is -1.91. The minimum absolute atomic E-state index is 0.0580. The van der Waals surface area contributed by atoms with Crippen LogP contribution in [0.4, 0.5) is 10.1 Å². The maximum Gasteiger partial charge on any atom is 0.282 e. The molecule has 116 valence electrons. The number of quaternary nitrogens is 1. The van der Waals surface area contributed by atoms with E-state index < -0.39 is 0 Å². The molecule has 2 aromatic rings. The van der Waals surface area contributed by atoms with Gasteiger partial charge < -0.3 is 10.6 Å². The second-order valence-electron chi connectivity index (χ2n) is 5.29. The van der Waals surface area contributed by atoms with Gasteiger partial charge in [0.25, 0.3) is 5.91 Å². The Labute approximate surface area is 134 Å². The number of hydrogen-bond acceptors (Lipinski definition) is 1. The molecular weight excluding hydrogens is 303 g/mol. The Bertz CT molecular complexity index is 645. The number of halogens is 2. The summed E-state index contributed by atoms with van der Waals surface area (Å²) in [6.07, 6.45) is 0. The van der Waals surface area contributed by atoms with E-state index in [0.717, 1.165) is 5.56 Å². The molecule has 5 heteroatoms. The van der Waals surface area contributed by atoms with E-state index in [0.29, 0.717) is 10.7 Å². The molecule has 1 amide bonds. The van der Waals surface area contributed by atoms with Gasteiger partial charge in [-0.3, -0.25) is 4.79 Å². The van der Waals surface area contributed by atoms with Gasteiger partial charge in [0.05, 0.1) is 0 Å². The van der Waals surface area contributed by atoms with Gasteiger partial charge >= 0.3 is 0 Å². The monoisotopic (exact) mass is 321 g/mol. The first-order chi connectivity index (χ1) is 10.5. The molecule has 2 aromatic carbocycles. The predicted molar refractivity (Wildman–Crippen MR) is 86.3 cm³/mol. The third kappa shape index (κ3) is 4.29. The highest BCUT2D eigenvalue weighted by molar-refractivity contribution is 6.31. The predicted octanol–water partition coefficient (Wildman–Crippen LogP) is 3.13. The van der Waals surface area contributed by atoms with Gasteiger partial charge in [-0.1, -0.05) is 29.8 Å². The van der Waals surface area contributed by atoms with Gasteiger partial charge in [-0.15, -0.1) is 0 Å². The molecule has 22 heavy (non-hydrogen) atoms. The van der Waals surface area contributed by atoms with E-state index in [1.54, 1.807) is 0 Å². The van der Waals surface area contributed by atoms with Gasteiger partial charge in [0.15, 0.2) is 6.04 Å². The standard InChI is InChI=1S/C17H18ClFN2O/c1-11(15-5-3-4-6-16(15)18)20-12(2)17(22)21-14-9-7-13(19)8-10-14/h3-12,20H,1-2H3,(H,21,22)/p+1/t11-,12+/m0/s1. The summed E-state index contributed by atoms with van der Waals surface area (Å²) < 4.78 is 12.8. The van der Waals surface area contributed by atoms with Crippen LogP contribution in [-0.4, -0.2) is 11.9 Å². The van der Waals surface area contributed by atoms with Crippen LogP contribution in [0.3, 0.4) is 0 Å². The van der Waals surface area contributed by atoms with Crippen LogP contribution in [-0.2, 0) is 4.79 Å². The van der Waals surface area contributed by atoms with Crippen molar-refractivity contribution in [3.8, 4) is 0 Å². The first-order valence-corrected chi connectivity index (χ1v) is 7.51. The van der Waals surface area contributed by atoms with Crippen molar-refractivity contribution in [1.82, 2.24) is 0 Å². The molecule has 0 bridgehead atoms. The quantitative estimate of drug-likeness (QED) is 0.873. The molecule has 3 N–H and O–H groups in total. The zero-order valence-electron chi connectivity index (χ0n) is 12.5. The third-order valence-electron chi connectivity index (χ3n) is 3.50. The first kappa shape index (κ1) is 16.5. The fraction of sp³-hybridized carbons (Fsp3) is 0.235. The number of hydrogen-bond donors (Lipinski definition) is 2. The Morgan fingerprint density at radius 3 is 2.41 bits per heavy atom. The van der Waals surface area contributed by atoms with Crippen LogP contribution in [0.25, 0.3) is 0 Å². The highest BCUT2D eigenvalue weighted by Crippen LogP contribution is 2.19. The topological polar surface area (TPSA) is 45.7 Å². The molecule has 0 unspecified atom stereocenters. The average Bonchev–Trinajstić information content (AvgIpc) is 2.49. The van der Waals surface area contributed by atoms with E-state index in [1.807, 2.05) is 43.4 Å². The van der Waals surface area contributed by atoms with E-state index in [-0.39, 0.29) is 23.8 Å². The van der Waals surface area contributed by atoms with Crippen molar-refractivity contribution < 1.29 is 14.5 Å². The fourth-order valence-electron chi connectivity index (χ4n) is 2.26. The zero-order valence-corrected chi connectivity index (χ0v) is 13.3. The molecule has 3 nitrogen and oxygen atoms in total. The van der Waals surface area contributed by atoms with Gasteiger partial charge in [-0.2, -0.15) is 0 Å².